The van der Waals surface area contributed by atoms with Gasteiger partial charge in [0.2, 0.25) is 5.88 Å². The zero-order chi connectivity index (χ0) is 28.3. The number of rotatable bonds is 8. The number of hydrogen-bond donors (Lipinski definition) is 2. The lowest BCUT2D eigenvalue weighted by Crippen LogP contribution is -2.55. The Kier molecular flexibility index (Phi) is 8.32. The van der Waals surface area contributed by atoms with E-state index < -0.39 is 17.6 Å². The molecular weight excluding hydrogens is 516 g/mol. The second-order valence-electron chi connectivity index (χ2n) is 10.7. The summed E-state index contributed by atoms with van der Waals surface area (Å²) in [5, 5.41) is 14.9. The summed E-state index contributed by atoms with van der Waals surface area (Å²) in [7, 11) is 2.92. The van der Waals surface area contributed by atoms with E-state index in [1.807, 2.05) is 18.2 Å². The van der Waals surface area contributed by atoms with Gasteiger partial charge < -0.3 is 24.8 Å². The summed E-state index contributed by atoms with van der Waals surface area (Å²) >= 11 is 0. The summed E-state index contributed by atoms with van der Waals surface area (Å²) in [5.74, 6) is -0.529. The molecule has 2 aliphatic rings. The molecule has 2 fully saturated rings. The van der Waals surface area contributed by atoms with Crippen molar-refractivity contribution >= 4 is 28.6 Å². The minimum absolute atomic E-state index is 0.0918. The van der Waals surface area contributed by atoms with E-state index in [-0.39, 0.29) is 23.6 Å². The fourth-order valence-corrected chi connectivity index (χ4v) is 6.33. The number of benzene rings is 2. The van der Waals surface area contributed by atoms with Gasteiger partial charge in [-0.15, -0.1) is 0 Å². The topological polar surface area (TPSA) is 83.9 Å². The molecular formula is C31H35F2N3O4. The molecule has 0 bridgehead atoms. The molecule has 40 heavy (non-hydrogen) atoms. The molecule has 1 aliphatic heterocycles. The van der Waals surface area contributed by atoms with Gasteiger partial charge in [0.15, 0.2) is 0 Å². The molecule has 1 aromatic heterocycles. The fraction of sp³-hybridized carbons (Fsp3) is 0.419. The van der Waals surface area contributed by atoms with Crippen LogP contribution in [0.15, 0.2) is 48.5 Å². The molecule has 3 unspecified atom stereocenters. The molecule has 1 aliphatic carbocycles. The molecule has 9 heteroatoms. The molecule has 1 saturated carbocycles. The number of ether oxygens (including phenoxy) is 2. The second-order valence-corrected chi connectivity index (χ2v) is 10.7. The van der Waals surface area contributed by atoms with Gasteiger partial charge in [-0.3, -0.25) is 0 Å². The second kappa shape index (κ2) is 11.9. The maximum absolute atomic E-state index is 13.9. The normalized spacial score (nSPS) is 22.9. The number of nitrogens with zero attached hydrogens (tertiary/aromatic N) is 2. The number of methoxy groups -OCH3 is 2. The number of aliphatic hydroxyl groups is 1. The summed E-state index contributed by atoms with van der Waals surface area (Å²) in [6.45, 7) is 2.13. The number of aliphatic hydroxyl groups excluding tert-OH is 1. The molecule has 212 valence electrons. The van der Waals surface area contributed by atoms with Crippen LogP contribution in [0.2, 0.25) is 0 Å². The van der Waals surface area contributed by atoms with Crippen molar-refractivity contribution in [3.63, 3.8) is 0 Å². The summed E-state index contributed by atoms with van der Waals surface area (Å²) in [5.41, 5.74) is 2.01. The number of carbonyl (C=O) groups is 1. The van der Waals surface area contributed by atoms with Crippen LogP contribution >= 0.6 is 0 Å². The molecule has 1 saturated heterocycles. The molecule has 2 N–H and O–H groups in total. The van der Waals surface area contributed by atoms with Crippen LogP contribution in [-0.2, 0) is 4.74 Å². The van der Waals surface area contributed by atoms with Gasteiger partial charge >= 0.3 is 5.97 Å². The molecule has 5 rings (SSSR count). The predicted octanol–water partition coefficient (Wildman–Crippen LogP) is 4.97. The highest BCUT2D eigenvalue weighted by molar-refractivity contribution is 6.07. The highest BCUT2D eigenvalue weighted by Gasteiger charge is 2.46. The van der Waals surface area contributed by atoms with Crippen LogP contribution in [0.4, 0.5) is 14.5 Å². The number of nitrogens with one attached hydrogen (secondary N) is 1. The van der Waals surface area contributed by atoms with Crippen molar-refractivity contribution < 1.29 is 28.2 Å². The number of aromatic nitrogens is 1. The van der Waals surface area contributed by atoms with Crippen LogP contribution in [0.5, 0.6) is 5.88 Å². The highest BCUT2D eigenvalue weighted by atomic mass is 19.1. The monoisotopic (exact) mass is 551 g/mol. The fourth-order valence-electron chi connectivity index (χ4n) is 6.33. The quantitative estimate of drug-likeness (QED) is 0.383. The van der Waals surface area contributed by atoms with Gasteiger partial charge in [0, 0.05) is 48.1 Å². The minimum Gasteiger partial charge on any atom is -0.481 e. The van der Waals surface area contributed by atoms with Crippen LogP contribution in [0.1, 0.15) is 41.6 Å². The zero-order valence-corrected chi connectivity index (χ0v) is 22.8. The lowest BCUT2D eigenvalue weighted by Gasteiger charge is -2.52. The number of anilines is 1. The SMILES string of the molecule is COC(=O)c1ccc(N2CCC3CC(NC/C=C/c4cc(F)ccc4F)CCC3(CO)C2)c2nc(OC)ccc12. The first-order chi connectivity index (χ1) is 19.4. The van der Waals surface area contributed by atoms with Crippen LogP contribution in [0, 0.1) is 23.0 Å². The van der Waals surface area contributed by atoms with E-state index in [4.69, 9.17) is 9.47 Å². The molecule has 3 atom stereocenters. The highest BCUT2D eigenvalue weighted by Crippen LogP contribution is 2.47. The molecule has 3 aromatic rings. The van der Waals surface area contributed by atoms with E-state index in [0.29, 0.717) is 41.4 Å². The number of hydrogen-bond acceptors (Lipinski definition) is 7. The smallest absolute Gasteiger partial charge is 0.338 e. The van der Waals surface area contributed by atoms with E-state index in [1.54, 1.807) is 25.3 Å². The van der Waals surface area contributed by atoms with Gasteiger partial charge in [-0.2, -0.15) is 0 Å². The summed E-state index contributed by atoms with van der Waals surface area (Å²) in [6, 6.07) is 11.0. The Balaban J connectivity index is 1.29. The Morgan fingerprint density at radius 3 is 2.83 bits per heavy atom. The van der Waals surface area contributed by atoms with Gasteiger partial charge in [-0.05, 0) is 68.0 Å². The Labute approximate surface area is 232 Å². The number of carbonyl (C=O) groups excluding carboxylic acids is 1. The largest absolute Gasteiger partial charge is 0.481 e. The Morgan fingerprint density at radius 1 is 1.20 bits per heavy atom. The molecule has 2 heterocycles. The Bertz CT molecular complexity index is 1410. The third-order valence-corrected chi connectivity index (χ3v) is 8.54. The van der Waals surface area contributed by atoms with Crippen LogP contribution in [-0.4, -0.2) is 62.6 Å². The number of pyridine rings is 1. The first-order valence-electron chi connectivity index (χ1n) is 13.6. The summed E-state index contributed by atoms with van der Waals surface area (Å²) in [6.07, 6.45) is 7.03. The van der Waals surface area contributed by atoms with Crippen molar-refractivity contribution in [1.82, 2.24) is 10.3 Å². The molecule has 0 spiro atoms. The van der Waals surface area contributed by atoms with E-state index in [0.717, 1.165) is 50.0 Å². The van der Waals surface area contributed by atoms with Crippen molar-refractivity contribution in [1.29, 1.82) is 0 Å². The maximum Gasteiger partial charge on any atom is 0.338 e. The zero-order valence-electron chi connectivity index (χ0n) is 22.8. The first kappa shape index (κ1) is 28.0. The standard InChI is InChI=1S/C31H35F2N3O4/c1-39-28-10-7-24-25(30(38)40-2)6-9-27(29(24)35-28)36-15-12-21-17-23(11-13-31(21,18-36)19-37)34-14-3-4-20-16-22(32)5-8-26(20)33/h3-10,16,21,23,34,37H,11-15,17-19H2,1-2H3/b4-3+. The number of fused-ring (bicyclic) bond motifs is 2. The summed E-state index contributed by atoms with van der Waals surface area (Å²) in [4.78, 5) is 19.4. The Morgan fingerprint density at radius 2 is 2.05 bits per heavy atom. The number of esters is 1. The van der Waals surface area contributed by atoms with E-state index >= 15 is 0 Å². The average Bonchev–Trinajstić information content (AvgIpc) is 2.99. The van der Waals surface area contributed by atoms with E-state index in [1.165, 1.54) is 13.2 Å². The predicted molar refractivity (Wildman–Crippen MR) is 151 cm³/mol. The van der Waals surface area contributed by atoms with E-state index in [9.17, 15) is 18.7 Å². The van der Waals surface area contributed by atoms with Gasteiger partial charge in [-0.25, -0.2) is 18.6 Å². The van der Waals surface area contributed by atoms with Crippen LogP contribution < -0.4 is 15.0 Å². The van der Waals surface area contributed by atoms with Gasteiger partial charge in [0.05, 0.1) is 37.6 Å². The van der Waals surface area contributed by atoms with Crippen molar-refractivity contribution in [2.45, 2.75) is 31.7 Å². The van der Waals surface area contributed by atoms with Crippen molar-refractivity contribution in [3.8, 4) is 5.88 Å². The molecule has 0 radical (unpaired) electrons. The van der Waals surface area contributed by atoms with Gasteiger partial charge in [-0.1, -0.05) is 12.2 Å². The van der Waals surface area contributed by atoms with Crippen molar-refractivity contribution in [3.05, 3.63) is 71.3 Å². The van der Waals surface area contributed by atoms with Crippen LogP contribution in [0.25, 0.3) is 17.0 Å². The molecule has 0 amide bonds. The minimum atomic E-state index is -0.463. The van der Waals surface area contributed by atoms with Gasteiger partial charge in [0.25, 0.3) is 0 Å². The number of halogens is 2. The third-order valence-electron chi connectivity index (χ3n) is 8.54. The third kappa shape index (κ3) is 5.53. The molecule has 2 aromatic carbocycles. The molecule has 7 nitrogen and oxygen atoms in total. The number of piperidine rings is 1. The Hall–Kier alpha value is -3.56. The average molecular weight is 552 g/mol. The van der Waals surface area contributed by atoms with Crippen LogP contribution in [0.3, 0.4) is 0 Å². The van der Waals surface area contributed by atoms with Gasteiger partial charge in [0.1, 0.15) is 11.6 Å². The lowest BCUT2D eigenvalue weighted by molar-refractivity contribution is 0.00193. The maximum atomic E-state index is 13.9. The summed E-state index contributed by atoms with van der Waals surface area (Å²) < 4.78 is 37.6. The van der Waals surface area contributed by atoms with E-state index in [2.05, 4.69) is 15.2 Å². The first-order valence-corrected chi connectivity index (χ1v) is 13.6. The van der Waals surface area contributed by atoms with Crippen molar-refractivity contribution in [2.75, 3.05) is 45.4 Å². The lowest BCUT2D eigenvalue weighted by atomic mass is 9.62. The van der Waals surface area contributed by atoms with Crippen molar-refractivity contribution in [2.24, 2.45) is 11.3 Å².